The van der Waals surface area contributed by atoms with Crippen LogP contribution in [0.5, 0.6) is 0 Å². The fourth-order valence-electron chi connectivity index (χ4n) is 2.61. The average Bonchev–Trinajstić information content (AvgIpc) is 2.50. The van der Waals surface area contributed by atoms with Crippen molar-refractivity contribution >= 4 is 21.9 Å². The number of sulfonamides is 1. The average molecular weight is 372 g/mol. The van der Waals surface area contributed by atoms with Crippen molar-refractivity contribution in [1.29, 1.82) is 0 Å². The summed E-state index contributed by atoms with van der Waals surface area (Å²) in [5, 5.41) is 11.5. The Morgan fingerprint density at radius 3 is 2.44 bits per heavy atom. The molecule has 1 aliphatic rings. The topological polar surface area (TPSA) is 104 Å². The number of hydrogen-bond donors (Lipinski definition) is 2. The van der Waals surface area contributed by atoms with Gasteiger partial charge in [0, 0.05) is 26.1 Å². The minimum Gasteiger partial charge on any atom is -0.481 e. The molecule has 7 nitrogen and oxygen atoms in total. The molecule has 1 fully saturated rings. The van der Waals surface area contributed by atoms with Crippen molar-refractivity contribution in [3.8, 4) is 0 Å². The van der Waals surface area contributed by atoms with E-state index in [2.05, 4.69) is 5.32 Å². The molecular weight excluding hydrogens is 351 g/mol. The van der Waals surface area contributed by atoms with Crippen LogP contribution in [0.15, 0.2) is 29.2 Å². The highest BCUT2D eigenvalue weighted by Crippen LogP contribution is 2.27. The highest BCUT2D eigenvalue weighted by Gasteiger charge is 2.35. The number of carbonyl (C=O) groups is 2. The van der Waals surface area contributed by atoms with Crippen molar-refractivity contribution in [1.82, 2.24) is 9.62 Å². The van der Waals surface area contributed by atoms with Crippen LogP contribution in [0.4, 0.5) is 4.39 Å². The molecule has 2 N–H and O–H groups in total. The van der Waals surface area contributed by atoms with Gasteiger partial charge in [0.2, 0.25) is 15.9 Å². The summed E-state index contributed by atoms with van der Waals surface area (Å²) in [6.07, 6.45) is 1.34. The van der Waals surface area contributed by atoms with Crippen LogP contribution in [0.3, 0.4) is 0 Å². The first-order valence-electron chi connectivity index (χ1n) is 7.94. The molecule has 0 atom stereocenters. The van der Waals surface area contributed by atoms with Crippen molar-refractivity contribution in [3.05, 3.63) is 30.1 Å². The zero-order valence-electron chi connectivity index (χ0n) is 13.8. The lowest BCUT2D eigenvalue weighted by molar-refractivity contribution is -0.146. The quantitative estimate of drug-likeness (QED) is 0.714. The Kier molecular flexibility index (Phi) is 6.12. The highest BCUT2D eigenvalue weighted by atomic mass is 32.2. The van der Waals surface area contributed by atoms with Gasteiger partial charge in [-0.05, 0) is 43.5 Å². The van der Waals surface area contributed by atoms with Gasteiger partial charge >= 0.3 is 5.97 Å². The van der Waals surface area contributed by atoms with Crippen LogP contribution in [0, 0.1) is 11.7 Å². The van der Waals surface area contributed by atoms with Gasteiger partial charge in [0.05, 0.1) is 10.8 Å². The first-order chi connectivity index (χ1) is 11.7. The third kappa shape index (κ3) is 4.99. The van der Waals surface area contributed by atoms with Crippen LogP contribution in [-0.2, 0) is 19.6 Å². The standard InChI is InChI=1S/C16H21FN2O5S/c1-19(25(23,24)14-6-4-12(17)5-7-14)8-2-3-15(20)18-13-9-11(10-13)16(21)22/h4-7,11,13H,2-3,8-10H2,1H3,(H,18,20)(H,21,22). The normalized spacial score (nSPS) is 20.1. The largest absolute Gasteiger partial charge is 0.481 e. The van der Waals surface area contributed by atoms with Crippen molar-refractivity contribution in [2.45, 2.75) is 36.6 Å². The van der Waals surface area contributed by atoms with E-state index in [4.69, 9.17) is 5.11 Å². The number of rotatable bonds is 8. The highest BCUT2D eigenvalue weighted by molar-refractivity contribution is 7.89. The molecule has 138 valence electrons. The van der Waals surface area contributed by atoms with E-state index in [9.17, 15) is 22.4 Å². The molecule has 25 heavy (non-hydrogen) atoms. The Labute approximate surface area is 145 Å². The van der Waals surface area contributed by atoms with E-state index < -0.39 is 27.7 Å². The smallest absolute Gasteiger partial charge is 0.306 e. The van der Waals surface area contributed by atoms with Crippen LogP contribution in [0.2, 0.25) is 0 Å². The molecule has 1 aromatic rings. The van der Waals surface area contributed by atoms with E-state index in [1.807, 2.05) is 0 Å². The van der Waals surface area contributed by atoms with Gasteiger partial charge in [-0.1, -0.05) is 0 Å². The van der Waals surface area contributed by atoms with Crippen LogP contribution in [-0.4, -0.2) is 49.3 Å². The van der Waals surface area contributed by atoms with Gasteiger partial charge in [0.25, 0.3) is 0 Å². The van der Waals surface area contributed by atoms with Crippen LogP contribution in [0.25, 0.3) is 0 Å². The second kappa shape index (κ2) is 7.92. The summed E-state index contributed by atoms with van der Waals surface area (Å²) < 4.78 is 38.6. The Bertz CT molecular complexity index is 729. The maximum absolute atomic E-state index is 12.9. The monoisotopic (exact) mass is 372 g/mol. The Morgan fingerprint density at radius 1 is 1.28 bits per heavy atom. The van der Waals surface area contributed by atoms with Crippen LogP contribution < -0.4 is 5.32 Å². The van der Waals surface area contributed by atoms with E-state index in [-0.39, 0.29) is 29.8 Å². The lowest BCUT2D eigenvalue weighted by Gasteiger charge is -2.32. The maximum Gasteiger partial charge on any atom is 0.306 e. The maximum atomic E-state index is 12.9. The summed E-state index contributed by atoms with van der Waals surface area (Å²) >= 11 is 0. The molecule has 0 heterocycles. The number of carbonyl (C=O) groups excluding carboxylic acids is 1. The number of nitrogens with one attached hydrogen (secondary N) is 1. The van der Waals surface area contributed by atoms with Crippen molar-refractivity contribution < 1.29 is 27.5 Å². The molecular formula is C16H21FN2O5S. The molecule has 0 saturated heterocycles. The second-order valence-electron chi connectivity index (χ2n) is 6.16. The Hall–Kier alpha value is -2.00. The first-order valence-corrected chi connectivity index (χ1v) is 9.38. The number of halogens is 1. The number of carboxylic acid groups (broad SMARTS) is 1. The van der Waals surface area contributed by atoms with Crippen molar-refractivity contribution in [2.75, 3.05) is 13.6 Å². The van der Waals surface area contributed by atoms with Gasteiger partial charge in [-0.15, -0.1) is 0 Å². The lowest BCUT2D eigenvalue weighted by Crippen LogP contribution is -2.46. The molecule has 0 aliphatic heterocycles. The molecule has 0 unspecified atom stereocenters. The fourth-order valence-corrected chi connectivity index (χ4v) is 3.82. The van der Waals surface area contributed by atoms with Gasteiger partial charge in [-0.25, -0.2) is 17.1 Å². The number of benzene rings is 1. The predicted molar refractivity (Wildman–Crippen MR) is 87.7 cm³/mol. The predicted octanol–water partition coefficient (Wildman–Crippen LogP) is 1.21. The van der Waals surface area contributed by atoms with Gasteiger partial charge < -0.3 is 10.4 Å². The zero-order chi connectivity index (χ0) is 18.6. The summed E-state index contributed by atoms with van der Waals surface area (Å²) in [6, 6.07) is 4.44. The molecule has 1 amide bonds. The molecule has 1 aromatic carbocycles. The summed E-state index contributed by atoms with van der Waals surface area (Å²) in [5.41, 5.74) is 0. The van der Waals surface area contributed by atoms with E-state index in [1.54, 1.807) is 0 Å². The third-order valence-electron chi connectivity index (χ3n) is 4.25. The van der Waals surface area contributed by atoms with Gasteiger partial charge in [0.1, 0.15) is 5.82 Å². The SMILES string of the molecule is CN(CCCC(=O)NC1CC(C(=O)O)C1)S(=O)(=O)c1ccc(F)cc1. The van der Waals surface area contributed by atoms with E-state index in [0.29, 0.717) is 19.3 Å². The second-order valence-corrected chi connectivity index (χ2v) is 8.20. The minimum absolute atomic E-state index is 0.00460. The van der Waals surface area contributed by atoms with Crippen molar-refractivity contribution in [3.63, 3.8) is 0 Å². The lowest BCUT2D eigenvalue weighted by atomic mass is 9.80. The zero-order valence-corrected chi connectivity index (χ0v) is 14.6. The number of hydrogen-bond acceptors (Lipinski definition) is 4. The molecule has 2 rings (SSSR count). The van der Waals surface area contributed by atoms with E-state index in [0.717, 1.165) is 16.4 Å². The summed E-state index contributed by atoms with van der Waals surface area (Å²) in [7, 11) is -2.31. The van der Waals surface area contributed by atoms with Gasteiger partial charge in [-0.3, -0.25) is 9.59 Å². The molecule has 0 bridgehead atoms. The fraction of sp³-hybridized carbons (Fsp3) is 0.500. The number of aliphatic carboxylic acids is 1. The number of nitrogens with zero attached hydrogens (tertiary/aromatic N) is 1. The minimum atomic E-state index is -3.72. The van der Waals surface area contributed by atoms with Crippen molar-refractivity contribution in [2.24, 2.45) is 5.92 Å². The molecule has 0 radical (unpaired) electrons. The van der Waals surface area contributed by atoms with E-state index >= 15 is 0 Å². The van der Waals surface area contributed by atoms with E-state index in [1.165, 1.54) is 19.2 Å². The first kappa shape index (κ1) is 19.3. The Balaban J connectivity index is 1.74. The molecule has 0 spiro atoms. The summed E-state index contributed by atoms with van der Waals surface area (Å²) in [6.45, 7) is 0.148. The number of amides is 1. The van der Waals surface area contributed by atoms with Gasteiger partial charge in [-0.2, -0.15) is 0 Å². The summed E-state index contributed by atoms with van der Waals surface area (Å²) in [5.74, 6) is -1.98. The molecule has 1 aliphatic carbocycles. The van der Waals surface area contributed by atoms with Crippen LogP contribution in [0.1, 0.15) is 25.7 Å². The number of carboxylic acids is 1. The molecule has 9 heteroatoms. The molecule has 1 saturated carbocycles. The summed E-state index contributed by atoms with van der Waals surface area (Å²) in [4.78, 5) is 22.5. The third-order valence-corrected chi connectivity index (χ3v) is 6.12. The van der Waals surface area contributed by atoms with Gasteiger partial charge in [0.15, 0.2) is 0 Å². The van der Waals surface area contributed by atoms with Crippen LogP contribution >= 0.6 is 0 Å². The molecule has 0 aromatic heterocycles. The Morgan fingerprint density at radius 2 is 1.88 bits per heavy atom.